The van der Waals surface area contributed by atoms with Crippen LogP contribution in [-0.4, -0.2) is 36.0 Å². The van der Waals surface area contributed by atoms with Crippen molar-refractivity contribution in [3.8, 4) is 0 Å². The van der Waals surface area contributed by atoms with Gasteiger partial charge in [-0.2, -0.15) is 11.8 Å². The lowest BCUT2D eigenvalue weighted by Gasteiger charge is -2.20. The Bertz CT molecular complexity index is 331. The predicted molar refractivity (Wildman–Crippen MR) is 68.6 cm³/mol. The van der Waals surface area contributed by atoms with Crippen molar-refractivity contribution in [1.29, 1.82) is 0 Å². The number of carbonyl (C=O) groups is 1. The predicted octanol–water partition coefficient (Wildman–Crippen LogP) is 1.12. The zero-order valence-electron chi connectivity index (χ0n) is 9.59. The van der Waals surface area contributed by atoms with E-state index < -0.39 is 6.04 Å². The molecule has 4 nitrogen and oxygen atoms in total. The van der Waals surface area contributed by atoms with E-state index in [0.717, 1.165) is 11.4 Å². The van der Waals surface area contributed by atoms with Crippen LogP contribution in [-0.2, 0) is 4.79 Å². The van der Waals surface area contributed by atoms with Crippen molar-refractivity contribution >= 4 is 23.4 Å². The van der Waals surface area contributed by atoms with Crippen LogP contribution in [0.15, 0.2) is 24.5 Å². The molecule has 0 saturated carbocycles. The molecule has 0 radical (unpaired) electrons. The molecule has 0 bridgehead atoms. The van der Waals surface area contributed by atoms with Crippen molar-refractivity contribution in [2.45, 2.75) is 12.5 Å². The van der Waals surface area contributed by atoms with E-state index in [0.29, 0.717) is 6.42 Å². The second-order valence-electron chi connectivity index (χ2n) is 3.50. The molecule has 1 aromatic heterocycles. The maximum Gasteiger partial charge on any atom is 0.243 e. The van der Waals surface area contributed by atoms with E-state index in [1.807, 2.05) is 12.3 Å². The Morgan fingerprint density at radius 2 is 2.44 bits per heavy atom. The Balaban J connectivity index is 2.60. The standard InChI is InChI=1S/C11H17N3OS/c1-14(9-4-3-6-13-8-9)11(15)10(12)5-7-16-2/h3-4,6,8,10H,5,7,12H2,1-2H3/t10-/m1/s1. The van der Waals surface area contributed by atoms with Crippen molar-refractivity contribution in [3.63, 3.8) is 0 Å². The molecular weight excluding hydrogens is 222 g/mol. The first-order chi connectivity index (χ1) is 7.66. The molecule has 1 rings (SSSR count). The summed E-state index contributed by atoms with van der Waals surface area (Å²) in [7, 11) is 1.72. The Hall–Kier alpha value is -1.07. The summed E-state index contributed by atoms with van der Waals surface area (Å²) in [6, 6.07) is 3.20. The molecule has 0 aliphatic carbocycles. The Labute approximate surface area is 100 Å². The van der Waals surface area contributed by atoms with Crippen molar-refractivity contribution in [1.82, 2.24) is 4.98 Å². The molecule has 1 heterocycles. The van der Waals surface area contributed by atoms with E-state index in [-0.39, 0.29) is 5.91 Å². The highest BCUT2D eigenvalue weighted by atomic mass is 32.2. The number of hydrogen-bond donors (Lipinski definition) is 1. The third-order valence-electron chi connectivity index (χ3n) is 2.31. The van der Waals surface area contributed by atoms with Crippen molar-refractivity contribution < 1.29 is 4.79 Å². The second-order valence-corrected chi connectivity index (χ2v) is 4.48. The van der Waals surface area contributed by atoms with Crippen molar-refractivity contribution in [3.05, 3.63) is 24.5 Å². The molecule has 0 aliphatic rings. The molecule has 16 heavy (non-hydrogen) atoms. The van der Waals surface area contributed by atoms with E-state index in [1.54, 1.807) is 42.2 Å². The molecule has 0 aliphatic heterocycles. The van der Waals surface area contributed by atoms with Gasteiger partial charge in [-0.3, -0.25) is 9.78 Å². The number of rotatable bonds is 5. The fourth-order valence-corrected chi connectivity index (χ4v) is 1.79. The topological polar surface area (TPSA) is 59.2 Å². The number of nitrogens with zero attached hydrogens (tertiary/aromatic N) is 2. The summed E-state index contributed by atoms with van der Waals surface area (Å²) in [5.41, 5.74) is 6.59. The van der Waals surface area contributed by atoms with Crippen LogP contribution in [0.25, 0.3) is 0 Å². The molecule has 1 atom stereocenters. The lowest BCUT2D eigenvalue weighted by atomic mass is 10.2. The number of aromatic nitrogens is 1. The fourth-order valence-electron chi connectivity index (χ4n) is 1.30. The molecular formula is C11H17N3OS. The highest BCUT2D eigenvalue weighted by molar-refractivity contribution is 7.98. The third kappa shape index (κ3) is 3.50. The van der Waals surface area contributed by atoms with Gasteiger partial charge in [0.15, 0.2) is 0 Å². The molecule has 0 spiro atoms. The summed E-state index contributed by atoms with van der Waals surface area (Å²) in [6.07, 6.45) is 6.03. The summed E-state index contributed by atoms with van der Waals surface area (Å²) in [6.45, 7) is 0. The third-order valence-corrected chi connectivity index (χ3v) is 2.96. The Morgan fingerprint density at radius 1 is 1.69 bits per heavy atom. The Morgan fingerprint density at radius 3 is 3.00 bits per heavy atom. The monoisotopic (exact) mass is 239 g/mol. The molecule has 0 unspecified atom stereocenters. The van der Waals surface area contributed by atoms with E-state index >= 15 is 0 Å². The minimum Gasteiger partial charge on any atom is -0.320 e. The number of carbonyl (C=O) groups excluding carboxylic acids is 1. The average Bonchev–Trinajstić information content (AvgIpc) is 2.35. The summed E-state index contributed by atoms with van der Waals surface area (Å²) >= 11 is 1.69. The number of thioether (sulfide) groups is 1. The van der Waals surface area contributed by atoms with Gasteiger partial charge < -0.3 is 10.6 Å². The zero-order valence-corrected chi connectivity index (χ0v) is 10.4. The van der Waals surface area contributed by atoms with Gasteiger partial charge in [0.05, 0.1) is 17.9 Å². The van der Waals surface area contributed by atoms with Gasteiger partial charge in [0, 0.05) is 13.2 Å². The molecule has 2 N–H and O–H groups in total. The number of anilines is 1. The second kappa shape index (κ2) is 6.50. The minimum atomic E-state index is -0.433. The van der Waals surface area contributed by atoms with E-state index in [4.69, 9.17) is 5.73 Å². The summed E-state index contributed by atoms with van der Waals surface area (Å²) in [4.78, 5) is 17.4. The lowest BCUT2D eigenvalue weighted by molar-refractivity contribution is -0.119. The smallest absolute Gasteiger partial charge is 0.243 e. The molecule has 0 saturated heterocycles. The average molecular weight is 239 g/mol. The molecule has 88 valence electrons. The summed E-state index contributed by atoms with van der Waals surface area (Å²) in [5.74, 6) is 0.829. The van der Waals surface area contributed by atoms with Crippen LogP contribution in [0, 0.1) is 0 Å². The number of likely N-dealkylation sites (N-methyl/N-ethyl adjacent to an activating group) is 1. The summed E-state index contributed by atoms with van der Waals surface area (Å²) in [5, 5.41) is 0. The van der Waals surface area contributed by atoms with Gasteiger partial charge in [0.2, 0.25) is 5.91 Å². The number of hydrogen-bond acceptors (Lipinski definition) is 4. The fraction of sp³-hybridized carbons (Fsp3) is 0.455. The van der Waals surface area contributed by atoms with E-state index in [2.05, 4.69) is 4.98 Å². The van der Waals surface area contributed by atoms with Crippen LogP contribution in [0.2, 0.25) is 0 Å². The number of nitrogens with two attached hydrogens (primary N) is 1. The summed E-state index contributed by atoms with van der Waals surface area (Å²) < 4.78 is 0. The highest BCUT2D eigenvalue weighted by Crippen LogP contribution is 2.11. The van der Waals surface area contributed by atoms with Gasteiger partial charge in [0.1, 0.15) is 0 Å². The van der Waals surface area contributed by atoms with Crippen molar-refractivity contribution in [2.24, 2.45) is 5.73 Å². The zero-order chi connectivity index (χ0) is 12.0. The van der Waals surface area contributed by atoms with Crippen LogP contribution in [0.4, 0.5) is 5.69 Å². The first kappa shape index (κ1) is 13.0. The largest absolute Gasteiger partial charge is 0.320 e. The van der Waals surface area contributed by atoms with Gasteiger partial charge in [-0.1, -0.05) is 0 Å². The van der Waals surface area contributed by atoms with Crippen LogP contribution in [0.5, 0.6) is 0 Å². The molecule has 1 amide bonds. The maximum absolute atomic E-state index is 11.9. The minimum absolute atomic E-state index is 0.0675. The number of amides is 1. The first-order valence-electron chi connectivity index (χ1n) is 5.09. The van der Waals surface area contributed by atoms with Gasteiger partial charge in [0.25, 0.3) is 0 Å². The van der Waals surface area contributed by atoms with E-state index in [1.165, 1.54) is 0 Å². The quantitative estimate of drug-likeness (QED) is 0.836. The first-order valence-corrected chi connectivity index (χ1v) is 6.48. The normalized spacial score (nSPS) is 12.2. The van der Waals surface area contributed by atoms with Gasteiger partial charge in [-0.05, 0) is 30.6 Å². The number of pyridine rings is 1. The van der Waals surface area contributed by atoms with Gasteiger partial charge in [-0.15, -0.1) is 0 Å². The van der Waals surface area contributed by atoms with Gasteiger partial charge >= 0.3 is 0 Å². The van der Waals surface area contributed by atoms with Crippen LogP contribution in [0.3, 0.4) is 0 Å². The van der Waals surface area contributed by atoms with Gasteiger partial charge in [-0.25, -0.2) is 0 Å². The van der Waals surface area contributed by atoms with Crippen molar-refractivity contribution in [2.75, 3.05) is 24.0 Å². The SMILES string of the molecule is CSCC[C@@H](N)C(=O)N(C)c1cccnc1. The van der Waals surface area contributed by atoms with E-state index in [9.17, 15) is 4.79 Å². The van der Waals surface area contributed by atoms with Crippen LogP contribution >= 0.6 is 11.8 Å². The molecule has 0 aromatic carbocycles. The molecule has 5 heteroatoms. The molecule has 1 aromatic rings. The van der Waals surface area contributed by atoms with Crippen LogP contribution in [0.1, 0.15) is 6.42 Å². The maximum atomic E-state index is 11.9. The van der Waals surface area contributed by atoms with Crippen LogP contribution < -0.4 is 10.6 Å². The molecule has 0 fully saturated rings. The Kier molecular flexibility index (Phi) is 5.28. The highest BCUT2D eigenvalue weighted by Gasteiger charge is 2.18. The lowest BCUT2D eigenvalue weighted by Crippen LogP contribution is -2.42.